The Morgan fingerprint density at radius 2 is 0.289 bits per heavy atom. The van der Waals surface area contributed by atoms with Crippen LogP contribution < -0.4 is 12.4 Å². The van der Waals surface area contributed by atoms with Crippen molar-refractivity contribution in [3.63, 3.8) is 0 Å². The van der Waals surface area contributed by atoms with Crippen molar-refractivity contribution < 1.29 is 34.5 Å². The molecule has 0 fully saturated rings. The summed E-state index contributed by atoms with van der Waals surface area (Å²) in [7, 11) is 0. The summed E-state index contributed by atoms with van der Waals surface area (Å²) >= 11 is -2.11. The molecule has 0 saturated carbocycles. The second-order valence-electron chi connectivity index (χ2n) is 27.4. The Morgan fingerprint density at radius 1 is 0.169 bits per heavy atom. The summed E-state index contributed by atoms with van der Waals surface area (Å²) in [4.78, 5) is 0. The second-order valence-corrected chi connectivity index (χ2v) is 30.7. The van der Waals surface area contributed by atoms with Gasteiger partial charge in [0.15, 0.2) is 0 Å². The molecule has 5 heteroatoms. The molecule has 0 aromatic carbocycles. The summed E-state index contributed by atoms with van der Waals surface area (Å²) in [5.41, 5.74) is 0. The SMILES string of the molecule is CCCCCCCCCCCCCCCCCC[N](CCCCCCCCCCCCCCCCCC)[Ti+]([O]CCCCCC)[N](CCCCCCCCCCCCCCCCCC)CCCCCCCCCCCCCCCCCC.[Cl-]. The number of hydrogen-bond acceptors (Lipinski definition) is 3. The van der Waals surface area contributed by atoms with Crippen LogP contribution in [0.3, 0.4) is 0 Å². The Labute approximate surface area is 541 Å². The number of hydrogen-bond donors (Lipinski definition) is 0. The summed E-state index contributed by atoms with van der Waals surface area (Å²) in [6, 6.07) is 0. The van der Waals surface area contributed by atoms with Crippen LogP contribution in [0, 0.1) is 0 Å². The fourth-order valence-corrected chi connectivity index (χ4v) is 17.0. The van der Waals surface area contributed by atoms with Gasteiger partial charge in [-0.3, -0.25) is 0 Å². The summed E-state index contributed by atoms with van der Waals surface area (Å²) in [6.45, 7) is 17.9. The topological polar surface area (TPSA) is 15.7 Å². The van der Waals surface area contributed by atoms with Crippen LogP contribution in [0.2, 0.25) is 0 Å². The first-order valence-electron chi connectivity index (χ1n) is 39.7. The van der Waals surface area contributed by atoms with E-state index in [9.17, 15) is 0 Å². The molecule has 0 rings (SSSR count). The number of rotatable bonds is 76. The molecule has 0 spiro atoms. The van der Waals surface area contributed by atoms with Gasteiger partial charge in [-0.25, -0.2) is 0 Å². The van der Waals surface area contributed by atoms with Crippen molar-refractivity contribution in [1.29, 1.82) is 0 Å². The zero-order valence-corrected chi connectivity index (χ0v) is 61.1. The summed E-state index contributed by atoms with van der Waals surface area (Å²) in [5.74, 6) is 0. The van der Waals surface area contributed by atoms with Crippen LogP contribution in [-0.2, 0) is 22.1 Å². The van der Waals surface area contributed by atoms with E-state index in [0.29, 0.717) is 0 Å². The minimum absolute atomic E-state index is 0. The fraction of sp³-hybridized carbons (Fsp3) is 1.00. The molecule has 0 atom stereocenters. The van der Waals surface area contributed by atoms with E-state index in [-0.39, 0.29) is 12.4 Å². The average Bonchev–Trinajstić information content (AvgIpc) is 3.50. The Kier molecular flexibility index (Phi) is 81.8. The van der Waals surface area contributed by atoms with Crippen LogP contribution in [0.15, 0.2) is 0 Å². The van der Waals surface area contributed by atoms with Gasteiger partial charge in [0.05, 0.1) is 0 Å². The molecule has 0 heterocycles. The minimum Gasteiger partial charge on any atom is -1.00 e. The van der Waals surface area contributed by atoms with E-state index in [1.54, 1.807) is 0 Å². The van der Waals surface area contributed by atoms with Crippen LogP contribution in [-0.4, -0.2) is 39.5 Å². The Balaban J connectivity index is 0. The average molecular weight is 1230 g/mol. The predicted molar refractivity (Wildman–Crippen MR) is 371 cm³/mol. The van der Waals surface area contributed by atoms with Crippen molar-refractivity contribution in [2.45, 2.75) is 471 Å². The van der Waals surface area contributed by atoms with E-state index in [0.717, 1.165) is 6.61 Å². The molecule has 0 saturated heterocycles. The van der Waals surface area contributed by atoms with Crippen molar-refractivity contribution in [3.05, 3.63) is 0 Å². The number of nitrogens with zero attached hydrogens (tertiary/aromatic N) is 2. The molecule has 0 aliphatic heterocycles. The zero-order valence-electron chi connectivity index (χ0n) is 58.8. The Hall–Kier alpha value is 0.884. The van der Waals surface area contributed by atoms with Gasteiger partial charge in [-0.15, -0.1) is 0 Å². The molecule has 500 valence electrons. The fourth-order valence-electron chi connectivity index (χ4n) is 13.1. The van der Waals surface area contributed by atoms with Gasteiger partial charge in [-0.2, -0.15) is 0 Å². The maximum absolute atomic E-state index is 7.45. The van der Waals surface area contributed by atoms with Gasteiger partial charge < -0.3 is 12.4 Å². The first-order chi connectivity index (χ1) is 40.7. The van der Waals surface area contributed by atoms with E-state index in [2.05, 4.69) is 41.4 Å². The minimum atomic E-state index is -2.11. The van der Waals surface area contributed by atoms with Crippen molar-refractivity contribution in [2.24, 2.45) is 0 Å². The summed E-state index contributed by atoms with van der Waals surface area (Å²) < 4.78 is 13.6. The van der Waals surface area contributed by atoms with Gasteiger partial charge in [-0.1, -0.05) is 182 Å². The van der Waals surface area contributed by atoms with Gasteiger partial charge >= 0.3 is 351 Å². The smallest absolute Gasteiger partial charge is 1.00 e. The molecular formula is C78H161ClN2OTi. The molecule has 3 nitrogen and oxygen atoms in total. The molecule has 0 radical (unpaired) electrons. The zero-order chi connectivity index (χ0) is 59.1. The van der Waals surface area contributed by atoms with Crippen LogP contribution in [0.1, 0.15) is 471 Å². The third-order valence-corrected chi connectivity index (χ3v) is 22.7. The van der Waals surface area contributed by atoms with Gasteiger partial charge in [0.25, 0.3) is 0 Å². The van der Waals surface area contributed by atoms with E-state index in [4.69, 9.17) is 3.32 Å². The Bertz CT molecular complexity index is 947. The quantitative estimate of drug-likeness (QED) is 0.0446. The standard InChI is InChI=1S/2C36H74N.C6H13O.ClH.Ti/c2*1-3-5-7-9-11-13-15-17-19-21-23-25-27-29-31-33-35-37-36-34-32-30-28-26-24-22-20-18-16-14-12-10-8-6-4-2;1-2-3-4-5-6-7;;/h2*3-36H2,1-2H3;2-6H2,1H3;1H;/q3*-1;;+4/p-1. The molecule has 0 aliphatic rings. The van der Waals surface area contributed by atoms with Gasteiger partial charge in [0.2, 0.25) is 0 Å². The second kappa shape index (κ2) is 79.0. The van der Waals surface area contributed by atoms with Crippen LogP contribution >= 0.6 is 0 Å². The normalized spacial score (nSPS) is 11.7. The number of halogens is 1. The third kappa shape index (κ3) is 70.2. The summed E-state index contributed by atoms with van der Waals surface area (Å²) in [6.07, 6.45) is 98.3. The number of unbranched alkanes of at least 4 members (excludes halogenated alkanes) is 63. The van der Waals surface area contributed by atoms with Crippen LogP contribution in [0.4, 0.5) is 0 Å². The van der Waals surface area contributed by atoms with Crippen LogP contribution in [0.5, 0.6) is 0 Å². The molecule has 0 aromatic heterocycles. The predicted octanol–water partition coefficient (Wildman–Crippen LogP) is 25.6. The maximum atomic E-state index is 7.45. The van der Waals surface area contributed by atoms with Gasteiger partial charge in [0, 0.05) is 0 Å². The van der Waals surface area contributed by atoms with Crippen LogP contribution in [0.25, 0.3) is 0 Å². The van der Waals surface area contributed by atoms with Crippen molar-refractivity contribution in [1.82, 2.24) is 6.76 Å². The summed E-state index contributed by atoms with van der Waals surface area (Å²) in [5, 5.41) is 0. The third-order valence-electron chi connectivity index (χ3n) is 18.9. The Morgan fingerprint density at radius 3 is 0.434 bits per heavy atom. The van der Waals surface area contributed by atoms with E-state index >= 15 is 0 Å². The van der Waals surface area contributed by atoms with Gasteiger partial charge in [-0.05, 0) is 0 Å². The first kappa shape index (κ1) is 85.9. The molecular weight excluding hydrogens is 1060 g/mol. The van der Waals surface area contributed by atoms with E-state index in [1.807, 2.05) is 0 Å². The van der Waals surface area contributed by atoms with E-state index in [1.165, 1.54) is 463 Å². The molecule has 0 N–H and O–H groups in total. The van der Waals surface area contributed by atoms with E-state index < -0.39 is 18.8 Å². The molecule has 0 aromatic rings. The van der Waals surface area contributed by atoms with Gasteiger partial charge in [0.1, 0.15) is 0 Å². The molecule has 0 aliphatic carbocycles. The van der Waals surface area contributed by atoms with Crippen molar-refractivity contribution in [2.75, 3.05) is 32.8 Å². The monoisotopic (exact) mass is 1230 g/mol. The first-order valence-corrected chi connectivity index (χ1v) is 41.8. The van der Waals surface area contributed by atoms with Crippen molar-refractivity contribution in [3.8, 4) is 0 Å². The molecule has 0 amide bonds. The molecule has 83 heavy (non-hydrogen) atoms. The molecule has 0 unspecified atom stereocenters. The molecule has 0 bridgehead atoms. The van der Waals surface area contributed by atoms with Crippen molar-refractivity contribution >= 4 is 0 Å².